The van der Waals surface area contributed by atoms with Crippen LogP contribution in [0.4, 0.5) is 0 Å². The summed E-state index contributed by atoms with van der Waals surface area (Å²) in [5, 5.41) is 2.94. The van der Waals surface area contributed by atoms with Crippen LogP contribution >= 0.6 is 0 Å². The molecule has 1 saturated heterocycles. The van der Waals surface area contributed by atoms with Gasteiger partial charge in [-0.25, -0.2) is 0 Å². The number of hydrogen-bond acceptors (Lipinski definition) is 3. The molecular formula is C12H24N2O2. The van der Waals surface area contributed by atoms with E-state index in [0.29, 0.717) is 5.92 Å². The summed E-state index contributed by atoms with van der Waals surface area (Å²) in [7, 11) is 0. The van der Waals surface area contributed by atoms with Crippen molar-refractivity contribution in [2.45, 2.75) is 45.1 Å². The average Bonchev–Trinajstić information content (AvgIpc) is 2.69. The Kier molecular flexibility index (Phi) is 6.42. The number of nitrogens with one attached hydrogen (secondary N) is 1. The monoisotopic (exact) mass is 228 g/mol. The number of unbranched alkanes of at least 4 members (excludes halogenated alkanes) is 3. The Morgan fingerprint density at radius 1 is 1.38 bits per heavy atom. The standard InChI is InChI=1S/C12H24N2O2/c1-10-6-9-16-11(10)12(15)14-8-5-3-2-4-7-13/h10-11H,2-9,13H2,1H3,(H,14,15). The number of amides is 1. The summed E-state index contributed by atoms with van der Waals surface area (Å²) >= 11 is 0. The molecule has 0 aliphatic carbocycles. The van der Waals surface area contributed by atoms with Crippen LogP contribution in [0.25, 0.3) is 0 Å². The second-order valence-electron chi connectivity index (χ2n) is 4.55. The highest BCUT2D eigenvalue weighted by atomic mass is 16.5. The first-order chi connectivity index (χ1) is 7.75. The summed E-state index contributed by atoms with van der Waals surface area (Å²) < 4.78 is 5.39. The second-order valence-corrected chi connectivity index (χ2v) is 4.55. The Hall–Kier alpha value is -0.610. The molecule has 0 spiro atoms. The van der Waals surface area contributed by atoms with Gasteiger partial charge >= 0.3 is 0 Å². The van der Waals surface area contributed by atoms with Crippen molar-refractivity contribution < 1.29 is 9.53 Å². The van der Waals surface area contributed by atoms with Gasteiger partial charge in [-0.05, 0) is 31.7 Å². The Bertz CT molecular complexity index is 209. The van der Waals surface area contributed by atoms with Crippen LogP contribution in [-0.4, -0.2) is 31.7 Å². The molecule has 0 radical (unpaired) electrons. The SMILES string of the molecule is CC1CCOC1C(=O)NCCCCCCN. The van der Waals surface area contributed by atoms with Crippen LogP contribution in [0.1, 0.15) is 39.0 Å². The average molecular weight is 228 g/mol. The number of rotatable bonds is 7. The fourth-order valence-electron chi connectivity index (χ4n) is 1.97. The van der Waals surface area contributed by atoms with Crippen molar-refractivity contribution in [2.75, 3.05) is 19.7 Å². The van der Waals surface area contributed by atoms with Crippen LogP contribution in [0, 0.1) is 5.92 Å². The van der Waals surface area contributed by atoms with Crippen molar-refractivity contribution in [1.29, 1.82) is 0 Å². The van der Waals surface area contributed by atoms with Crippen molar-refractivity contribution in [3.05, 3.63) is 0 Å². The Labute approximate surface area is 97.9 Å². The van der Waals surface area contributed by atoms with Crippen LogP contribution in [-0.2, 0) is 9.53 Å². The quantitative estimate of drug-likeness (QED) is 0.640. The van der Waals surface area contributed by atoms with Gasteiger partial charge in [-0.15, -0.1) is 0 Å². The summed E-state index contributed by atoms with van der Waals surface area (Å²) in [6, 6.07) is 0. The van der Waals surface area contributed by atoms with E-state index in [1.54, 1.807) is 0 Å². The van der Waals surface area contributed by atoms with Crippen molar-refractivity contribution in [3.8, 4) is 0 Å². The number of nitrogens with two attached hydrogens (primary N) is 1. The lowest BCUT2D eigenvalue weighted by atomic mass is 10.0. The van der Waals surface area contributed by atoms with Gasteiger partial charge in [-0.3, -0.25) is 4.79 Å². The van der Waals surface area contributed by atoms with E-state index in [9.17, 15) is 4.79 Å². The number of hydrogen-bond donors (Lipinski definition) is 2. The molecule has 0 aromatic heterocycles. The molecule has 1 fully saturated rings. The molecule has 2 atom stereocenters. The molecule has 16 heavy (non-hydrogen) atoms. The molecule has 0 aromatic rings. The molecule has 1 aliphatic heterocycles. The van der Waals surface area contributed by atoms with Crippen molar-refractivity contribution in [1.82, 2.24) is 5.32 Å². The molecule has 4 heteroatoms. The molecule has 0 aromatic carbocycles. The van der Waals surface area contributed by atoms with Gasteiger partial charge in [-0.2, -0.15) is 0 Å². The molecule has 0 saturated carbocycles. The lowest BCUT2D eigenvalue weighted by Crippen LogP contribution is -2.37. The van der Waals surface area contributed by atoms with Gasteiger partial charge in [0.15, 0.2) is 0 Å². The Morgan fingerprint density at radius 3 is 2.75 bits per heavy atom. The van der Waals surface area contributed by atoms with Gasteiger partial charge in [0.2, 0.25) is 5.91 Å². The van der Waals surface area contributed by atoms with E-state index < -0.39 is 0 Å². The minimum absolute atomic E-state index is 0.0591. The van der Waals surface area contributed by atoms with Gasteiger partial charge in [0.05, 0.1) is 0 Å². The first kappa shape index (κ1) is 13.5. The lowest BCUT2D eigenvalue weighted by molar-refractivity contribution is -0.131. The van der Waals surface area contributed by atoms with E-state index in [1.165, 1.54) is 0 Å². The van der Waals surface area contributed by atoms with Crippen LogP contribution in [0.15, 0.2) is 0 Å². The maximum atomic E-state index is 11.7. The second kappa shape index (κ2) is 7.63. The van der Waals surface area contributed by atoms with Crippen LogP contribution in [0.2, 0.25) is 0 Å². The molecule has 2 unspecified atom stereocenters. The third-order valence-corrected chi connectivity index (χ3v) is 3.08. The van der Waals surface area contributed by atoms with Gasteiger partial charge < -0.3 is 15.8 Å². The lowest BCUT2D eigenvalue weighted by Gasteiger charge is -2.14. The minimum atomic E-state index is -0.218. The van der Waals surface area contributed by atoms with Gasteiger partial charge in [-0.1, -0.05) is 19.8 Å². The van der Waals surface area contributed by atoms with E-state index in [2.05, 4.69) is 12.2 Å². The molecule has 0 bridgehead atoms. The topological polar surface area (TPSA) is 64.3 Å². The molecule has 1 rings (SSSR count). The van der Waals surface area contributed by atoms with E-state index >= 15 is 0 Å². The summed E-state index contributed by atoms with van der Waals surface area (Å²) in [5.41, 5.74) is 5.40. The Balaban J connectivity index is 2.02. The van der Waals surface area contributed by atoms with Gasteiger partial charge in [0.25, 0.3) is 0 Å². The molecule has 4 nitrogen and oxygen atoms in total. The highest BCUT2D eigenvalue weighted by molar-refractivity contribution is 5.81. The molecular weight excluding hydrogens is 204 g/mol. The summed E-state index contributed by atoms with van der Waals surface area (Å²) in [5.74, 6) is 0.418. The predicted molar refractivity (Wildman–Crippen MR) is 64.1 cm³/mol. The summed E-state index contributed by atoms with van der Waals surface area (Å²) in [4.78, 5) is 11.7. The van der Waals surface area contributed by atoms with E-state index in [4.69, 9.17) is 10.5 Å². The number of ether oxygens (including phenoxy) is 1. The zero-order valence-electron chi connectivity index (χ0n) is 10.2. The smallest absolute Gasteiger partial charge is 0.249 e. The van der Waals surface area contributed by atoms with Crippen molar-refractivity contribution in [2.24, 2.45) is 11.7 Å². The third-order valence-electron chi connectivity index (χ3n) is 3.08. The van der Waals surface area contributed by atoms with Crippen LogP contribution < -0.4 is 11.1 Å². The summed E-state index contributed by atoms with van der Waals surface area (Å²) in [6.45, 7) is 4.31. The van der Waals surface area contributed by atoms with E-state index in [-0.39, 0.29) is 12.0 Å². The minimum Gasteiger partial charge on any atom is -0.368 e. The fourth-order valence-corrected chi connectivity index (χ4v) is 1.97. The molecule has 3 N–H and O–H groups in total. The highest BCUT2D eigenvalue weighted by Gasteiger charge is 2.30. The largest absolute Gasteiger partial charge is 0.368 e. The van der Waals surface area contributed by atoms with Crippen LogP contribution in [0.3, 0.4) is 0 Å². The first-order valence-corrected chi connectivity index (χ1v) is 6.35. The maximum Gasteiger partial charge on any atom is 0.249 e. The van der Waals surface area contributed by atoms with Gasteiger partial charge in [0.1, 0.15) is 6.10 Å². The fraction of sp³-hybridized carbons (Fsp3) is 0.917. The maximum absolute atomic E-state index is 11.7. The van der Waals surface area contributed by atoms with E-state index in [0.717, 1.165) is 51.8 Å². The van der Waals surface area contributed by atoms with Crippen molar-refractivity contribution >= 4 is 5.91 Å². The molecule has 1 aliphatic rings. The molecule has 1 heterocycles. The third kappa shape index (κ3) is 4.49. The molecule has 1 amide bonds. The number of carbonyl (C=O) groups excluding carboxylic acids is 1. The van der Waals surface area contributed by atoms with E-state index in [1.807, 2.05) is 0 Å². The summed E-state index contributed by atoms with van der Waals surface area (Å²) in [6.07, 6.45) is 5.18. The molecule has 94 valence electrons. The van der Waals surface area contributed by atoms with Crippen LogP contribution in [0.5, 0.6) is 0 Å². The Morgan fingerprint density at radius 2 is 2.12 bits per heavy atom. The highest BCUT2D eigenvalue weighted by Crippen LogP contribution is 2.19. The first-order valence-electron chi connectivity index (χ1n) is 6.35. The normalized spacial score (nSPS) is 24.6. The predicted octanol–water partition coefficient (Wildman–Crippen LogP) is 1.05. The van der Waals surface area contributed by atoms with Gasteiger partial charge in [0, 0.05) is 13.2 Å². The zero-order chi connectivity index (χ0) is 11.8. The number of carbonyl (C=O) groups is 1. The van der Waals surface area contributed by atoms with Crippen molar-refractivity contribution in [3.63, 3.8) is 0 Å². The zero-order valence-corrected chi connectivity index (χ0v) is 10.2.